The van der Waals surface area contributed by atoms with Crippen LogP contribution in [0.3, 0.4) is 0 Å². The number of carbonyl (C=O) groups is 3. The van der Waals surface area contributed by atoms with Crippen LogP contribution in [0.25, 0.3) is 0 Å². The molecular weight excluding hydrogens is 320 g/mol. The molecule has 0 radical (unpaired) electrons. The first-order chi connectivity index (χ1) is 11.8. The average molecular weight is 344 g/mol. The Morgan fingerprint density at radius 3 is 2.56 bits per heavy atom. The molecule has 7 nitrogen and oxygen atoms in total. The number of nitrogens with zero attached hydrogens (tertiary/aromatic N) is 3. The number of carbonyl (C=O) groups excluding carboxylic acids is 3. The van der Waals surface area contributed by atoms with Gasteiger partial charge in [-0.2, -0.15) is 0 Å². The van der Waals surface area contributed by atoms with Gasteiger partial charge in [0, 0.05) is 26.7 Å². The highest BCUT2D eigenvalue weighted by molar-refractivity contribution is 5.93. The standard InChI is InChI=1S/C18H24N4O3/c1-12-4-5-14(8-13(12)2)9-21-6-7-22(11-16(21)23)17(24)15-10-20(3)18(25)19-15/h4-5,8,15H,6-7,9-11H2,1-3H3,(H,19,25). The molecule has 3 rings (SSSR count). The van der Waals surface area contributed by atoms with Gasteiger partial charge in [-0.25, -0.2) is 4.79 Å². The highest BCUT2D eigenvalue weighted by atomic mass is 16.2. The van der Waals surface area contributed by atoms with Crippen molar-refractivity contribution in [3.8, 4) is 0 Å². The first-order valence-corrected chi connectivity index (χ1v) is 8.49. The summed E-state index contributed by atoms with van der Waals surface area (Å²) < 4.78 is 0. The summed E-state index contributed by atoms with van der Waals surface area (Å²) >= 11 is 0. The molecule has 4 amide bonds. The van der Waals surface area contributed by atoms with Gasteiger partial charge in [-0.3, -0.25) is 9.59 Å². The van der Waals surface area contributed by atoms with Crippen molar-refractivity contribution < 1.29 is 14.4 Å². The van der Waals surface area contributed by atoms with Crippen LogP contribution in [0, 0.1) is 13.8 Å². The van der Waals surface area contributed by atoms with Gasteiger partial charge in [-0.15, -0.1) is 0 Å². The summed E-state index contributed by atoms with van der Waals surface area (Å²) in [5.41, 5.74) is 3.54. The van der Waals surface area contributed by atoms with Crippen LogP contribution in [0.15, 0.2) is 18.2 Å². The summed E-state index contributed by atoms with van der Waals surface area (Å²) in [4.78, 5) is 41.3. The lowest BCUT2D eigenvalue weighted by Crippen LogP contribution is -2.55. The number of hydrogen-bond donors (Lipinski definition) is 1. The maximum atomic E-state index is 12.5. The fourth-order valence-corrected chi connectivity index (χ4v) is 3.21. The Labute approximate surface area is 147 Å². The first kappa shape index (κ1) is 17.3. The van der Waals surface area contributed by atoms with Crippen molar-refractivity contribution in [2.75, 3.05) is 33.2 Å². The van der Waals surface area contributed by atoms with Crippen LogP contribution in [-0.2, 0) is 16.1 Å². The van der Waals surface area contributed by atoms with Crippen molar-refractivity contribution in [3.05, 3.63) is 34.9 Å². The van der Waals surface area contributed by atoms with Crippen molar-refractivity contribution in [2.24, 2.45) is 0 Å². The Morgan fingerprint density at radius 2 is 1.96 bits per heavy atom. The third-order valence-corrected chi connectivity index (χ3v) is 4.97. The van der Waals surface area contributed by atoms with Crippen molar-refractivity contribution in [3.63, 3.8) is 0 Å². The second-order valence-corrected chi connectivity index (χ2v) is 6.88. The minimum atomic E-state index is -0.559. The van der Waals surface area contributed by atoms with Gasteiger partial charge in [0.2, 0.25) is 11.8 Å². The molecule has 2 fully saturated rings. The van der Waals surface area contributed by atoms with E-state index >= 15 is 0 Å². The van der Waals surface area contributed by atoms with Gasteiger partial charge < -0.3 is 20.0 Å². The molecule has 0 aliphatic carbocycles. The normalized spacial score (nSPS) is 20.9. The zero-order valence-corrected chi connectivity index (χ0v) is 14.9. The molecule has 0 aromatic heterocycles. The molecule has 1 aromatic carbocycles. The van der Waals surface area contributed by atoms with E-state index in [9.17, 15) is 14.4 Å². The number of amides is 4. The quantitative estimate of drug-likeness (QED) is 0.868. The molecule has 7 heteroatoms. The second-order valence-electron chi connectivity index (χ2n) is 6.88. The largest absolute Gasteiger partial charge is 0.335 e. The fraction of sp³-hybridized carbons (Fsp3) is 0.500. The van der Waals surface area contributed by atoms with E-state index in [4.69, 9.17) is 0 Å². The van der Waals surface area contributed by atoms with Gasteiger partial charge in [0.25, 0.3) is 0 Å². The van der Waals surface area contributed by atoms with Gasteiger partial charge in [-0.1, -0.05) is 18.2 Å². The van der Waals surface area contributed by atoms with Gasteiger partial charge in [-0.05, 0) is 30.5 Å². The van der Waals surface area contributed by atoms with E-state index in [0.29, 0.717) is 26.2 Å². The Morgan fingerprint density at radius 1 is 1.20 bits per heavy atom. The number of aryl methyl sites for hydroxylation is 2. The zero-order valence-electron chi connectivity index (χ0n) is 14.9. The van der Waals surface area contributed by atoms with Gasteiger partial charge >= 0.3 is 6.03 Å². The van der Waals surface area contributed by atoms with Crippen LogP contribution in [0.2, 0.25) is 0 Å². The molecule has 0 saturated carbocycles. The second kappa shape index (κ2) is 6.74. The number of benzene rings is 1. The van der Waals surface area contributed by atoms with Crippen LogP contribution in [-0.4, -0.2) is 71.8 Å². The molecule has 134 valence electrons. The number of nitrogens with one attached hydrogen (secondary N) is 1. The Balaban J connectivity index is 1.59. The number of urea groups is 1. The van der Waals surface area contributed by atoms with E-state index in [1.807, 2.05) is 6.07 Å². The summed E-state index contributed by atoms with van der Waals surface area (Å²) in [5.74, 6) is -0.243. The molecule has 2 heterocycles. The van der Waals surface area contributed by atoms with Crippen LogP contribution in [0.5, 0.6) is 0 Å². The molecule has 2 aliphatic heterocycles. The summed E-state index contributed by atoms with van der Waals surface area (Å²) in [7, 11) is 1.65. The predicted molar refractivity (Wildman–Crippen MR) is 92.9 cm³/mol. The zero-order chi connectivity index (χ0) is 18.1. The Bertz CT molecular complexity index is 718. The minimum absolute atomic E-state index is 0.0597. The van der Waals surface area contributed by atoms with Crippen LogP contribution < -0.4 is 5.32 Å². The van der Waals surface area contributed by atoms with Gasteiger partial charge in [0.05, 0.1) is 13.1 Å². The molecule has 0 spiro atoms. The van der Waals surface area contributed by atoms with Gasteiger partial charge in [0.15, 0.2) is 0 Å². The average Bonchev–Trinajstić information content (AvgIpc) is 2.91. The molecule has 2 aliphatic rings. The number of rotatable bonds is 3. The van der Waals surface area contributed by atoms with Crippen LogP contribution >= 0.6 is 0 Å². The molecular formula is C18H24N4O3. The molecule has 1 aromatic rings. The number of hydrogen-bond acceptors (Lipinski definition) is 3. The van der Waals surface area contributed by atoms with E-state index in [1.165, 1.54) is 16.0 Å². The summed E-state index contributed by atoms with van der Waals surface area (Å²) in [6.07, 6.45) is 0. The van der Waals surface area contributed by atoms with Crippen molar-refractivity contribution in [1.29, 1.82) is 0 Å². The monoisotopic (exact) mass is 344 g/mol. The van der Waals surface area contributed by atoms with E-state index < -0.39 is 6.04 Å². The van der Waals surface area contributed by atoms with Crippen molar-refractivity contribution in [1.82, 2.24) is 20.0 Å². The highest BCUT2D eigenvalue weighted by Crippen LogP contribution is 2.15. The number of likely N-dealkylation sites (N-methyl/N-ethyl adjacent to an activating group) is 1. The maximum absolute atomic E-state index is 12.5. The first-order valence-electron chi connectivity index (χ1n) is 8.49. The molecule has 2 saturated heterocycles. The predicted octanol–water partition coefficient (Wildman–Crippen LogP) is 0.498. The Kier molecular flexibility index (Phi) is 4.65. The van der Waals surface area contributed by atoms with E-state index in [0.717, 1.165) is 5.56 Å². The molecule has 25 heavy (non-hydrogen) atoms. The number of piperazine rings is 1. The molecule has 1 atom stereocenters. The fourth-order valence-electron chi connectivity index (χ4n) is 3.21. The lowest BCUT2D eigenvalue weighted by atomic mass is 10.1. The van der Waals surface area contributed by atoms with Crippen molar-refractivity contribution >= 4 is 17.8 Å². The molecule has 0 bridgehead atoms. The minimum Gasteiger partial charge on any atom is -0.335 e. The summed E-state index contributed by atoms with van der Waals surface area (Å²) in [5, 5.41) is 2.65. The molecule has 1 unspecified atom stereocenters. The summed E-state index contributed by atoms with van der Waals surface area (Å²) in [6, 6.07) is 5.39. The van der Waals surface area contributed by atoms with E-state index in [-0.39, 0.29) is 24.4 Å². The third kappa shape index (κ3) is 3.60. The van der Waals surface area contributed by atoms with Crippen LogP contribution in [0.4, 0.5) is 4.79 Å². The molecule has 1 N–H and O–H groups in total. The lowest BCUT2D eigenvalue weighted by molar-refractivity contribution is -0.146. The van der Waals surface area contributed by atoms with Crippen molar-refractivity contribution in [2.45, 2.75) is 26.4 Å². The third-order valence-electron chi connectivity index (χ3n) is 4.97. The Hall–Kier alpha value is -2.57. The van der Waals surface area contributed by atoms with E-state index in [2.05, 4.69) is 31.3 Å². The highest BCUT2D eigenvalue weighted by Gasteiger charge is 2.36. The SMILES string of the molecule is Cc1ccc(CN2CCN(C(=O)C3CN(C)C(=O)N3)CC2=O)cc1C. The topological polar surface area (TPSA) is 73.0 Å². The van der Waals surface area contributed by atoms with Crippen LogP contribution in [0.1, 0.15) is 16.7 Å². The van der Waals surface area contributed by atoms with E-state index in [1.54, 1.807) is 16.8 Å². The maximum Gasteiger partial charge on any atom is 0.317 e. The summed E-state index contributed by atoms with van der Waals surface area (Å²) in [6.45, 7) is 6.09. The van der Waals surface area contributed by atoms with Gasteiger partial charge in [0.1, 0.15) is 6.04 Å². The lowest BCUT2D eigenvalue weighted by Gasteiger charge is -2.35. The smallest absolute Gasteiger partial charge is 0.317 e.